The Balaban J connectivity index is 1.95. The molecule has 0 amide bonds. The molecule has 0 saturated carbocycles. The molecule has 0 aliphatic heterocycles. The van der Waals surface area contributed by atoms with Gasteiger partial charge in [-0.05, 0) is 30.3 Å². The van der Waals surface area contributed by atoms with Gasteiger partial charge in [0.2, 0.25) is 5.82 Å². The summed E-state index contributed by atoms with van der Waals surface area (Å²) in [4.78, 5) is 13.3. The topological polar surface area (TPSA) is 79.1 Å². The number of nitrogens with zero attached hydrogens (tertiary/aromatic N) is 4. The minimum Gasteiger partial charge on any atom is -0.496 e. The molecule has 26 heavy (non-hydrogen) atoms. The van der Waals surface area contributed by atoms with Crippen molar-refractivity contribution in [3.8, 4) is 22.9 Å². The van der Waals surface area contributed by atoms with Gasteiger partial charge in [-0.15, -0.1) is 10.2 Å². The molecule has 134 valence electrons. The minimum absolute atomic E-state index is 0.0915. The highest BCUT2D eigenvalue weighted by molar-refractivity contribution is 9.10. The normalized spacial score (nSPS) is 10.6. The summed E-state index contributed by atoms with van der Waals surface area (Å²) in [5.74, 6) is 1.48. The fourth-order valence-corrected chi connectivity index (χ4v) is 3.04. The molecule has 0 bridgehead atoms. The second-order valence-electron chi connectivity index (χ2n) is 5.54. The predicted octanol–water partition coefficient (Wildman–Crippen LogP) is 3.37. The number of Topliss-reactive ketones (excluding diaryl/α,β-unsaturated/α-hetero) is 1. The second kappa shape index (κ2) is 7.65. The van der Waals surface area contributed by atoms with Crippen molar-refractivity contribution in [2.45, 2.75) is 13.5 Å². The molecule has 1 heterocycles. The van der Waals surface area contributed by atoms with Crippen LogP contribution in [0.5, 0.6) is 11.5 Å². The predicted molar refractivity (Wildman–Crippen MR) is 99.6 cm³/mol. The van der Waals surface area contributed by atoms with Crippen molar-refractivity contribution in [2.75, 3.05) is 14.2 Å². The third-order valence-corrected chi connectivity index (χ3v) is 4.55. The first-order valence-electron chi connectivity index (χ1n) is 7.82. The van der Waals surface area contributed by atoms with E-state index in [2.05, 4.69) is 31.3 Å². The first-order valence-corrected chi connectivity index (χ1v) is 8.61. The zero-order valence-corrected chi connectivity index (χ0v) is 16.1. The fraction of sp³-hybridized carbons (Fsp3) is 0.222. The molecule has 8 heteroatoms. The second-order valence-corrected chi connectivity index (χ2v) is 6.40. The number of methoxy groups -OCH3 is 2. The monoisotopic (exact) mass is 416 g/mol. The highest BCUT2D eigenvalue weighted by atomic mass is 79.9. The molecule has 3 aromatic rings. The number of ketones is 1. The Kier molecular flexibility index (Phi) is 5.32. The average molecular weight is 417 g/mol. The van der Waals surface area contributed by atoms with Crippen LogP contribution in [0.3, 0.4) is 0 Å². The zero-order valence-electron chi connectivity index (χ0n) is 14.6. The zero-order chi connectivity index (χ0) is 18.7. The lowest BCUT2D eigenvalue weighted by molar-refractivity contribution is 0.101. The Morgan fingerprint density at radius 3 is 2.54 bits per heavy atom. The van der Waals surface area contributed by atoms with Gasteiger partial charge in [0.25, 0.3) is 0 Å². The van der Waals surface area contributed by atoms with Crippen LogP contribution in [0, 0.1) is 0 Å². The molecule has 0 radical (unpaired) electrons. The number of aromatic nitrogens is 4. The van der Waals surface area contributed by atoms with E-state index >= 15 is 0 Å². The molecule has 0 saturated heterocycles. The quantitative estimate of drug-likeness (QED) is 0.573. The van der Waals surface area contributed by atoms with E-state index in [4.69, 9.17) is 9.47 Å². The summed E-state index contributed by atoms with van der Waals surface area (Å²) in [5.41, 5.74) is 2.09. The van der Waals surface area contributed by atoms with Crippen LogP contribution in [0.25, 0.3) is 11.4 Å². The van der Waals surface area contributed by atoms with Gasteiger partial charge in [0.15, 0.2) is 5.78 Å². The largest absolute Gasteiger partial charge is 0.496 e. The number of carbonyl (C=O) groups excluding carboxylic acids is 1. The molecule has 0 spiro atoms. The Morgan fingerprint density at radius 2 is 1.88 bits per heavy atom. The van der Waals surface area contributed by atoms with Gasteiger partial charge in [-0.25, -0.2) is 0 Å². The van der Waals surface area contributed by atoms with E-state index < -0.39 is 0 Å². The molecule has 0 N–H and O–H groups in total. The Labute approximate surface area is 159 Å². The molecule has 0 aliphatic carbocycles. The van der Waals surface area contributed by atoms with Crippen LogP contribution in [-0.4, -0.2) is 40.2 Å². The van der Waals surface area contributed by atoms with E-state index in [1.54, 1.807) is 19.2 Å². The van der Waals surface area contributed by atoms with Gasteiger partial charge in [-0.2, -0.15) is 4.80 Å². The van der Waals surface area contributed by atoms with Crippen LogP contribution in [0.1, 0.15) is 22.8 Å². The molecular weight excluding hydrogens is 400 g/mol. The van der Waals surface area contributed by atoms with Gasteiger partial charge in [0, 0.05) is 21.7 Å². The van der Waals surface area contributed by atoms with Crippen molar-refractivity contribution in [1.29, 1.82) is 0 Å². The molecule has 0 fully saturated rings. The van der Waals surface area contributed by atoms with E-state index in [9.17, 15) is 4.79 Å². The summed E-state index contributed by atoms with van der Waals surface area (Å²) in [6, 6.07) is 11.1. The van der Waals surface area contributed by atoms with Crippen molar-refractivity contribution >= 4 is 21.7 Å². The number of tetrazole rings is 1. The van der Waals surface area contributed by atoms with Crippen molar-refractivity contribution in [3.63, 3.8) is 0 Å². The highest BCUT2D eigenvalue weighted by Crippen LogP contribution is 2.30. The summed E-state index contributed by atoms with van der Waals surface area (Å²) < 4.78 is 11.6. The summed E-state index contributed by atoms with van der Waals surface area (Å²) in [6.45, 7) is 1.80. The van der Waals surface area contributed by atoms with Gasteiger partial charge >= 0.3 is 0 Å². The van der Waals surface area contributed by atoms with Gasteiger partial charge in [-0.1, -0.05) is 28.1 Å². The summed E-state index contributed by atoms with van der Waals surface area (Å²) in [5, 5.41) is 12.6. The lowest BCUT2D eigenvalue weighted by Crippen LogP contribution is -2.08. The molecule has 0 atom stereocenters. The summed E-state index contributed by atoms with van der Waals surface area (Å²) in [6.07, 6.45) is 0. The molecule has 7 nitrogen and oxygen atoms in total. The fourth-order valence-electron chi connectivity index (χ4n) is 2.58. The van der Waals surface area contributed by atoms with Crippen molar-refractivity contribution in [2.24, 2.45) is 0 Å². The maximum atomic E-state index is 11.9. The van der Waals surface area contributed by atoms with Crippen molar-refractivity contribution < 1.29 is 14.3 Å². The van der Waals surface area contributed by atoms with Crippen molar-refractivity contribution in [1.82, 2.24) is 20.2 Å². The third-order valence-electron chi connectivity index (χ3n) is 3.86. The van der Waals surface area contributed by atoms with Gasteiger partial charge in [0.05, 0.1) is 26.3 Å². The van der Waals surface area contributed by atoms with Crippen molar-refractivity contribution in [3.05, 3.63) is 52.0 Å². The first-order chi connectivity index (χ1) is 12.5. The van der Waals surface area contributed by atoms with Gasteiger partial charge in [-0.3, -0.25) is 4.79 Å². The lowest BCUT2D eigenvalue weighted by Gasteiger charge is -2.13. The minimum atomic E-state index is -0.0915. The molecule has 0 unspecified atom stereocenters. The van der Waals surface area contributed by atoms with Crippen LogP contribution in [0.15, 0.2) is 40.9 Å². The lowest BCUT2D eigenvalue weighted by atomic mass is 10.1. The molecule has 1 aromatic heterocycles. The summed E-state index contributed by atoms with van der Waals surface area (Å²) >= 11 is 3.48. The van der Waals surface area contributed by atoms with E-state index in [0.717, 1.165) is 15.6 Å². The third kappa shape index (κ3) is 3.60. The highest BCUT2D eigenvalue weighted by Gasteiger charge is 2.16. The molecule has 3 rings (SSSR count). The Bertz CT molecular complexity index is 955. The smallest absolute Gasteiger partial charge is 0.206 e. The number of halogens is 1. The number of carbonyl (C=O) groups is 1. The Hall–Kier alpha value is -2.74. The number of rotatable bonds is 6. The van der Waals surface area contributed by atoms with Crippen LogP contribution in [-0.2, 0) is 6.54 Å². The average Bonchev–Trinajstić information content (AvgIpc) is 3.10. The van der Waals surface area contributed by atoms with Gasteiger partial charge in [0.1, 0.15) is 11.5 Å². The van der Waals surface area contributed by atoms with Crippen LogP contribution < -0.4 is 9.47 Å². The molecular formula is C18H17BrN4O3. The van der Waals surface area contributed by atoms with E-state index in [-0.39, 0.29) is 5.78 Å². The Morgan fingerprint density at radius 1 is 1.15 bits per heavy atom. The maximum absolute atomic E-state index is 11.9. The summed E-state index contributed by atoms with van der Waals surface area (Å²) in [7, 11) is 3.08. The van der Waals surface area contributed by atoms with E-state index in [1.807, 2.05) is 24.3 Å². The number of ether oxygens (including phenoxy) is 2. The molecule has 0 aliphatic rings. The number of hydrogen-bond donors (Lipinski definition) is 0. The first kappa shape index (κ1) is 18.1. The van der Waals surface area contributed by atoms with Crippen LogP contribution >= 0.6 is 15.9 Å². The van der Waals surface area contributed by atoms with Crippen LogP contribution in [0.2, 0.25) is 0 Å². The van der Waals surface area contributed by atoms with E-state index in [0.29, 0.717) is 29.4 Å². The SMILES string of the molecule is COc1cc(OC)c(C(C)=O)cc1Cn1nnc(-c2ccccc2Br)n1. The maximum Gasteiger partial charge on any atom is 0.206 e. The molecule has 2 aromatic carbocycles. The number of hydrogen-bond acceptors (Lipinski definition) is 6. The van der Waals surface area contributed by atoms with Crippen LogP contribution in [0.4, 0.5) is 0 Å². The van der Waals surface area contributed by atoms with Gasteiger partial charge < -0.3 is 9.47 Å². The number of benzene rings is 2. The van der Waals surface area contributed by atoms with E-state index in [1.165, 1.54) is 18.8 Å². The standard InChI is InChI=1S/C18H17BrN4O3/c1-11(24)14-8-12(16(25-2)9-17(14)26-3)10-23-21-18(20-22-23)13-6-4-5-7-15(13)19/h4-9H,10H2,1-3H3.